The van der Waals surface area contributed by atoms with Gasteiger partial charge in [-0.05, 0) is 31.0 Å². The fraction of sp³-hybridized carbons (Fsp3) is 0.562. The van der Waals surface area contributed by atoms with Gasteiger partial charge in [0.1, 0.15) is 0 Å². The molecular formula is C16H23ClN2O4S. The van der Waals surface area contributed by atoms with E-state index in [4.69, 9.17) is 16.3 Å². The van der Waals surface area contributed by atoms with Crippen LogP contribution in [0, 0.1) is 6.92 Å². The third-order valence-electron chi connectivity index (χ3n) is 4.17. The number of piperazine rings is 1. The second kappa shape index (κ2) is 8.29. The van der Waals surface area contributed by atoms with E-state index in [9.17, 15) is 13.2 Å². The molecule has 0 aliphatic carbocycles. The summed E-state index contributed by atoms with van der Waals surface area (Å²) in [5, 5.41) is 0.556. The first-order valence-electron chi connectivity index (χ1n) is 7.88. The van der Waals surface area contributed by atoms with E-state index >= 15 is 0 Å². The number of benzene rings is 1. The number of rotatable bonds is 6. The topological polar surface area (TPSA) is 66.9 Å². The molecule has 0 radical (unpaired) electrons. The van der Waals surface area contributed by atoms with Crippen molar-refractivity contribution in [1.82, 2.24) is 9.21 Å². The van der Waals surface area contributed by atoms with Gasteiger partial charge in [-0.3, -0.25) is 4.79 Å². The van der Waals surface area contributed by atoms with Gasteiger partial charge >= 0.3 is 0 Å². The van der Waals surface area contributed by atoms with E-state index in [-0.39, 0.29) is 11.7 Å². The summed E-state index contributed by atoms with van der Waals surface area (Å²) in [7, 11) is -1.74. The highest BCUT2D eigenvalue weighted by molar-refractivity contribution is 7.89. The van der Waals surface area contributed by atoms with Crippen molar-refractivity contribution in [1.29, 1.82) is 0 Å². The van der Waals surface area contributed by atoms with Crippen LogP contribution in [0.5, 0.6) is 0 Å². The second-order valence-corrected chi connectivity index (χ2v) is 8.26. The van der Waals surface area contributed by atoms with Crippen molar-refractivity contribution in [3.8, 4) is 0 Å². The Bertz CT molecular complexity index is 685. The standard InChI is InChI=1S/C16H23ClN2O4S/c1-13-14(5-3-6-15(13)17)16(20)18-7-9-19(10-8-18)24(21,22)12-4-11-23-2/h3,5-6H,4,7-12H2,1-2H3. The lowest BCUT2D eigenvalue weighted by Gasteiger charge is -2.34. The molecule has 0 aromatic heterocycles. The Kier molecular flexibility index (Phi) is 6.62. The van der Waals surface area contributed by atoms with Gasteiger partial charge in [0.05, 0.1) is 5.75 Å². The van der Waals surface area contributed by atoms with Gasteiger partial charge < -0.3 is 9.64 Å². The first-order valence-corrected chi connectivity index (χ1v) is 9.86. The molecule has 0 spiro atoms. The molecule has 1 aliphatic heterocycles. The number of hydrogen-bond donors (Lipinski definition) is 0. The largest absolute Gasteiger partial charge is 0.385 e. The zero-order valence-electron chi connectivity index (χ0n) is 14.0. The molecule has 0 bridgehead atoms. The summed E-state index contributed by atoms with van der Waals surface area (Å²) >= 11 is 6.07. The minimum Gasteiger partial charge on any atom is -0.385 e. The number of carbonyl (C=O) groups is 1. The smallest absolute Gasteiger partial charge is 0.254 e. The number of sulfonamides is 1. The Morgan fingerprint density at radius 3 is 2.54 bits per heavy atom. The third kappa shape index (κ3) is 4.47. The van der Waals surface area contributed by atoms with E-state index in [2.05, 4.69) is 0 Å². The number of nitrogens with zero attached hydrogens (tertiary/aromatic N) is 2. The SMILES string of the molecule is COCCCS(=O)(=O)N1CCN(C(=O)c2cccc(Cl)c2C)CC1. The zero-order valence-corrected chi connectivity index (χ0v) is 15.6. The monoisotopic (exact) mass is 374 g/mol. The van der Waals surface area contributed by atoms with E-state index in [1.165, 1.54) is 4.31 Å². The van der Waals surface area contributed by atoms with Gasteiger partial charge in [0.15, 0.2) is 0 Å². The molecule has 134 valence electrons. The van der Waals surface area contributed by atoms with E-state index in [0.29, 0.717) is 49.8 Å². The number of ether oxygens (including phenoxy) is 1. The fourth-order valence-corrected chi connectivity index (χ4v) is 4.33. The summed E-state index contributed by atoms with van der Waals surface area (Å²) in [5.41, 5.74) is 1.32. The van der Waals surface area contributed by atoms with Crippen LogP contribution in [0.25, 0.3) is 0 Å². The third-order valence-corrected chi connectivity index (χ3v) is 6.53. The van der Waals surface area contributed by atoms with E-state index in [1.54, 1.807) is 30.2 Å². The summed E-state index contributed by atoms with van der Waals surface area (Å²) in [6.45, 7) is 3.64. The lowest BCUT2D eigenvalue weighted by atomic mass is 10.1. The summed E-state index contributed by atoms with van der Waals surface area (Å²) in [6, 6.07) is 5.24. The lowest BCUT2D eigenvalue weighted by Crippen LogP contribution is -2.51. The Morgan fingerprint density at radius 2 is 1.92 bits per heavy atom. The number of halogens is 1. The van der Waals surface area contributed by atoms with Gasteiger partial charge in [0.2, 0.25) is 10.0 Å². The number of amides is 1. The van der Waals surface area contributed by atoms with Crippen LogP contribution in [0.3, 0.4) is 0 Å². The highest BCUT2D eigenvalue weighted by Gasteiger charge is 2.29. The molecule has 8 heteroatoms. The molecular weight excluding hydrogens is 352 g/mol. The molecule has 1 aromatic carbocycles. The number of hydrogen-bond acceptors (Lipinski definition) is 4. The van der Waals surface area contributed by atoms with Gasteiger partial charge in [-0.15, -0.1) is 0 Å². The highest BCUT2D eigenvalue weighted by Crippen LogP contribution is 2.21. The summed E-state index contributed by atoms with van der Waals surface area (Å²) in [4.78, 5) is 14.3. The molecule has 1 saturated heterocycles. The molecule has 1 heterocycles. The Hall–Kier alpha value is -1.15. The van der Waals surface area contributed by atoms with Gasteiger partial charge in [-0.1, -0.05) is 17.7 Å². The van der Waals surface area contributed by atoms with Crippen molar-refractivity contribution in [2.24, 2.45) is 0 Å². The van der Waals surface area contributed by atoms with E-state index in [1.807, 2.05) is 6.92 Å². The average molecular weight is 375 g/mol. The molecule has 1 aliphatic rings. The molecule has 24 heavy (non-hydrogen) atoms. The zero-order chi connectivity index (χ0) is 17.7. The normalized spacial score (nSPS) is 16.4. The summed E-state index contributed by atoms with van der Waals surface area (Å²) in [5.74, 6) is -0.0335. The molecule has 0 N–H and O–H groups in total. The maximum atomic E-state index is 12.6. The predicted octanol–water partition coefficient (Wildman–Crippen LogP) is 1.77. The molecule has 1 amide bonds. The van der Waals surface area contributed by atoms with Crippen LogP contribution >= 0.6 is 11.6 Å². The minimum absolute atomic E-state index is 0.0716. The van der Waals surface area contributed by atoms with Crippen LogP contribution in [0.15, 0.2) is 18.2 Å². The number of carbonyl (C=O) groups excluding carboxylic acids is 1. The maximum Gasteiger partial charge on any atom is 0.254 e. The Morgan fingerprint density at radius 1 is 1.25 bits per heavy atom. The van der Waals surface area contributed by atoms with Crippen LogP contribution in [0.1, 0.15) is 22.3 Å². The molecule has 1 aromatic rings. The van der Waals surface area contributed by atoms with Crippen LogP contribution < -0.4 is 0 Å². The molecule has 6 nitrogen and oxygen atoms in total. The highest BCUT2D eigenvalue weighted by atomic mass is 35.5. The van der Waals surface area contributed by atoms with Crippen LogP contribution in [-0.4, -0.2) is 69.2 Å². The summed E-state index contributed by atoms with van der Waals surface area (Å²) in [6.07, 6.45) is 0.472. The van der Waals surface area contributed by atoms with Crippen molar-refractivity contribution >= 4 is 27.5 Å². The van der Waals surface area contributed by atoms with Gasteiger partial charge in [0, 0.05) is 50.5 Å². The second-order valence-electron chi connectivity index (χ2n) is 5.77. The molecule has 0 saturated carbocycles. The van der Waals surface area contributed by atoms with E-state index < -0.39 is 10.0 Å². The molecule has 0 atom stereocenters. The number of methoxy groups -OCH3 is 1. The van der Waals surface area contributed by atoms with Crippen molar-refractivity contribution < 1.29 is 17.9 Å². The summed E-state index contributed by atoms with van der Waals surface area (Å²) < 4.78 is 30.9. The Labute approximate surface area is 148 Å². The van der Waals surface area contributed by atoms with E-state index in [0.717, 1.165) is 5.56 Å². The average Bonchev–Trinajstić information content (AvgIpc) is 2.57. The van der Waals surface area contributed by atoms with Crippen LogP contribution in [0.4, 0.5) is 0 Å². The minimum atomic E-state index is -3.29. The van der Waals surface area contributed by atoms with Crippen molar-refractivity contribution in [2.45, 2.75) is 13.3 Å². The lowest BCUT2D eigenvalue weighted by molar-refractivity contribution is 0.0697. The van der Waals surface area contributed by atoms with Crippen molar-refractivity contribution in [3.05, 3.63) is 34.3 Å². The quantitative estimate of drug-likeness (QED) is 0.712. The molecule has 0 unspecified atom stereocenters. The van der Waals surface area contributed by atoms with Gasteiger partial charge in [-0.2, -0.15) is 4.31 Å². The molecule has 1 fully saturated rings. The first-order chi connectivity index (χ1) is 11.4. The predicted molar refractivity (Wildman–Crippen MR) is 93.9 cm³/mol. The van der Waals surface area contributed by atoms with Crippen LogP contribution in [-0.2, 0) is 14.8 Å². The van der Waals surface area contributed by atoms with Gasteiger partial charge in [-0.25, -0.2) is 8.42 Å². The van der Waals surface area contributed by atoms with Crippen molar-refractivity contribution in [3.63, 3.8) is 0 Å². The first kappa shape index (κ1) is 19.2. The maximum absolute atomic E-state index is 12.6. The van der Waals surface area contributed by atoms with Crippen molar-refractivity contribution in [2.75, 3.05) is 45.6 Å². The Balaban J connectivity index is 1.97. The molecule has 2 rings (SSSR count). The van der Waals surface area contributed by atoms with Gasteiger partial charge in [0.25, 0.3) is 5.91 Å². The fourth-order valence-electron chi connectivity index (χ4n) is 2.69. The van der Waals surface area contributed by atoms with Crippen LogP contribution in [0.2, 0.25) is 5.02 Å².